The van der Waals surface area contributed by atoms with E-state index in [1.54, 1.807) is 29.7 Å². The number of nitrogens with one attached hydrogen (secondary N) is 2. The molecule has 1 amide bonds. The normalized spacial score (nSPS) is 11.7. The van der Waals surface area contributed by atoms with Crippen molar-refractivity contribution in [3.8, 4) is 0 Å². The Morgan fingerprint density at radius 1 is 1.19 bits per heavy atom. The van der Waals surface area contributed by atoms with Gasteiger partial charge >= 0.3 is 5.69 Å². The summed E-state index contributed by atoms with van der Waals surface area (Å²) in [4.78, 5) is 26.9. The molecule has 0 aliphatic carbocycles. The maximum absolute atomic E-state index is 13.6. The number of amides is 1. The molecule has 6 heteroatoms. The summed E-state index contributed by atoms with van der Waals surface area (Å²) in [5, 5.41) is 2.80. The zero-order chi connectivity index (χ0) is 18.5. The molecule has 2 aromatic carbocycles. The fourth-order valence-corrected chi connectivity index (χ4v) is 2.80. The van der Waals surface area contributed by atoms with Crippen LogP contribution in [0.1, 0.15) is 18.9 Å². The van der Waals surface area contributed by atoms with Crippen molar-refractivity contribution >= 4 is 23.0 Å². The van der Waals surface area contributed by atoms with Crippen LogP contribution in [0.5, 0.6) is 0 Å². The number of rotatable bonds is 6. The summed E-state index contributed by atoms with van der Waals surface area (Å²) in [6.45, 7) is 2.57. The summed E-state index contributed by atoms with van der Waals surface area (Å²) in [5.74, 6) is -0.613. The molecule has 0 saturated carbocycles. The Labute approximate surface area is 150 Å². The highest BCUT2D eigenvalue weighted by atomic mass is 19.1. The molecule has 0 aliphatic heterocycles. The van der Waals surface area contributed by atoms with Crippen molar-refractivity contribution in [1.29, 1.82) is 0 Å². The third kappa shape index (κ3) is 3.91. The molecule has 1 heterocycles. The second-order valence-electron chi connectivity index (χ2n) is 6.06. The van der Waals surface area contributed by atoms with Gasteiger partial charge in [0.25, 0.3) is 0 Å². The number of imidazole rings is 1. The third-order valence-corrected chi connectivity index (χ3v) is 4.16. The zero-order valence-corrected chi connectivity index (χ0v) is 14.5. The Balaban J connectivity index is 1.56. The number of benzene rings is 2. The van der Waals surface area contributed by atoms with Gasteiger partial charge in [-0.25, -0.2) is 9.18 Å². The highest BCUT2D eigenvalue weighted by molar-refractivity contribution is 5.97. The number of hydrogen-bond donors (Lipinski definition) is 2. The summed E-state index contributed by atoms with van der Waals surface area (Å²) >= 11 is 0. The van der Waals surface area contributed by atoms with Gasteiger partial charge in [0.1, 0.15) is 5.82 Å². The van der Waals surface area contributed by atoms with E-state index in [9.17, 15) is 14.0 Å². The molecule has 26 heavy (non-hydrogen) atoms. The number of nitrogens with zero attached hydrogens (tertiary/aromatic N) is 1. The number of aromatic amines is 1. The molecule has 0 spiro atoms. The highest BCUT2D eigenvalue weighted by Crippen LogP contribution is 2.11. The number of hydrogen-bond acceptors (Lipinski definition) is 2. The topological polar surface area (TPSA) is 66.9 Å². The van der Waals surface area contributed by atoms with E-state index in [0.29, 0.717) is 30.6 Å². The number of para-hydroxylation sites is 2. The lowest BCUT2D eigenvalue weighted by Gasteiger charge is -2.07. The predicted octanol–water partition coefficient (Wildman–Crippen LogP) is 3.08. The fraction of sp³-hybridized carbons (Fsp3) is 0.200. The van der Waals surface area contributed by atoms with Crippen LogP contribution >= 0.6 is 0 Å². The Morgan fingerprint density at radius 3 is 2.73 bits per heavy atom. The highest BCUT2D eigenvalue weighted by Gasteiger charge is 2.07. The maximum Gasteiger partial charge on any atom is 0.326 e. The minimum atomic E-state index is -0.363. The van der Waals surface area contributed by atoms with Gasteiger partial charge in [-0.2, -0.15) is 0 Å². The monoisotopic (exact) mass is 353 g/mol. The first-order valence-corrected chi connectivity index (χ1v) is 8.45. The average molecular weight is 353 g/mol. The molecule has 0 atom stereocenters. The van der Waals surface area contributed by atoms with Crippen molar-refractivity contribution in [1.82, 2.24) is 14.9 Å². The predicted molar refractivity (Wildman–Crippen MR) is 100 cm³/mol. The van der Waals surface area contributed by atoms with Gasteiger partial charge in [0, 0.05) is 24.2 Å². The van der Waals surface area contributed by atoms with Gasteiger partial charge in [-0.1, -0.05) is 30.3 Å². The largest absolute Gasteiger partial charge is 0.352 e. The standard InChI is InChI=1S/C20H20FN3O2/c1-14(13-15-7-2-3-8-16(15)21)19(25)22-11-6-12-24-18-10-5-4-9-17(18)23-20(24)26/h2-5,7-10,13H,6,11-12H2,1H3,(H,22,25)(H,23,26)/b14-13+. The molecule has 0 aliphatic rings. The lowest BCUT2D eigenvalue weighted by molar-refractivity contribution is -0.117. The van der Waals surface area contributed by atoms with Crippen molar-refractivity contribution in [2.24, 2.45) is 0 Å². The number of aryl methyl sites for hydroxylation is 1. The average Bonchev–Trinajstić information content (AvgIpc) is 2.95. The Hall–Kier alpha value is -3.15. The number of halogens is 1. The maximum atomic E-state index is 13.6. The first-order chi connectivity index (χ1) is 12.6. The molecule has 1 aromatic heterocycles. The van der Waals surface area contributed by atoms with Crippen LogP contribution in [0, 0.1) is 5.82 Å². The van der Waals surface area contributed by atoms with Crippen molar-refractivity contribution in [2.45, 2.75) is 19.9 Å². The molecule has 3 aromatic rings. The van der Waals surface area contributed by atoms with Crippen LogP contribution in [0.25, 0.3) is 17.1 Å². The van der Waals surface area contributed by atoms with Crippen LogP contribution in [0.3, 0.4) is 0 Å². The quantitative estimate of drug-likeness (QED) is 0.528. The molecule has 0 unspecified atom stereocenters. The van der Waals surface area contributed by atoms with E-state index < -0.39 is 0 Å². The Bertz CT molecular complexity index is 1020. The van der Waals surface area contributed by atoms with Gasteiger partial charge < -0.3 is 10.3 Å². The molecule has 2 N–H and O–H groups in total. The number of fused-ring (bicyclic) bond motifs is 1. The molecule has 0 bridgehead atoms. The second kappa shape index (κ2) is 7.82. The van der Waals surface area contributed by atoms with E-state index in [2.05, 4.69) is 10.3 Å². The summed E-state index contributed by atoms with van der Waals surface area (Å²) in [6, 6.07) is 13.8. The van der Waals surface area contributed by atoms with E-state index in [4.69, 9.17) is 0 Å². The van der Waals surface area contributed by atoms with Crippen LogP contribution in [0.4, 0.5) is 4.39 Å². The first kappa shape index (κ1) is 17.7. The molecule has 134 valence electrons. The first-order valence-electron chi connectivity index (χ1n) is 8.45. The molecular weight excluding hydrogens is 333 g/mol. The minimum Gasteiger partial charge on any atom is -0.352 e. The van der Waals surface area contributed by atoms with Crippen LogP contribution in [-0.4, -0.2) is 22.0 Å². The van der Waals surface area contributed by atoms with Crippen LogP contribution < -0.4 is 11.0 Å². The minimum absolute atomic E-state index is 0.159. The summed E-state index contributed by atoms with van der Waals surface area (Å²) < 4.78 is 15.3. The van der Waals surface area contributed by atoms with Crippen molar-refractivity contribution in [3.63, 3.8) is 0 Å². The van der Waals surface area contributed by atoms with Gasteiger partial charge in [0.2, 0.25) is 5.91 Å². The van der Waals surface area contributed by atoms with Crippen LogP contribution in [-0.2, 0) is 11.3 Å². The fourth-order valence-electron chi connectivity index (χ4n) is 2.80. The van der Waals surface area contributed by atoms with Crippen molar-refractivity contribution in [2.75, 3.05) is 6.54 Å². The second-order valence-corrected chi connectivity index (χ2v) is 6.06. The van der Waals surface area contributed by atoms with Crippen LogP contribution in [0.2, 0.25) is 0 Å². The number of carbonyl (C=O) groups is 1. The van der Waals surface area contributed by atoms with Crippen molar-refractivity contribution in [3.05, 3.63) is 76.0 Å². The Morgan fingerprint density at radius 2 is 1.92 bits per heavy atom. The number of carbonyl (C=O) groups excluding carboxylic acids is 1. The van der Waals surface area contributed by atoms with Gasteiger partial charge in [-0.05, 0) is 37.6 Å². The Kier molecular flexibility index (Phi) is 5.31. The molecular formula is C20H20FN3O2. The lowest BCUT2D eigenvalue weighted by Crippen LogP contribution is -2.27. The smallest absolute Gasteiger partial charge is 0.326 e. The van der Waals surface area contributed by atoms with Gasteiger partial charge in [0.05, 0.1) is 11.0 Å². The lowest BCUT2D eigenvalue weighted by atomic mass is 10.1. The van der Waals surface area contributed by atoms with E-state index in [0.717, 1.165) is 11.0 Å². The zero-order valence-electron chi connectivity index (χ0n) is 14.5. The van der Waals surface area contributed by atoms with Crippen LogP contribution in [0.15, 0.2) is 58.9 Å². The SMILES string of the molecule is C/C(=C\c1ccccc1F)C(=O)NCCCn1c(=O)[nH]c2ccccc21. The molecule has 3 rings (SSSR count). The molecule has 0 saturated heterocycles. The summed E-state index contributed by atoms with van der Waals surface area (Å²) in [7, 11) is 0. The molecule has 0 fully saturated rings. The van der Waals surface area contributed by atoms with Gasteiger partial charge in [-0.15, -0.1) is 0 Å². The molecule has 5 nitrogen and oxygen atoms in total. The van der Waals surface area contributed by atoms with E-state index >= 15 is 0 Å². The molecule has 0 radical (unpaired) electrons. The summed E-state index contributed by atoms with van der Waals surface area (Å²) in [6.07, 6.45) is 2.13. The van der Waals surface area contributed by atoms with E-state index in [-0.39, 0.29) is 17.4 Å². The summed E-state index contributed by atoms with van der Waals surface area (Å²) in [5.41, 5.74) is 2.29. The van der Waals surface area contributed by atoms with Crippen molar-refractivity contribution < 1.29 is 9.18 Å². The van der Waals surface area contributed by atoms with Gasteiger partial charge in [-0.3, -0.25) is 9.36 Å². The van der Waals surface area contributed by atoms with E-state index in [1.807, 2.05) is 24.3 Å². The van der Waals surface area contributed by atoms with E-state index in [1.165, 1.54) is 12.1 Å². The van der Waals surface area contributed by atoms with Gasteiger partial charge in [0.15, 0.2) is 0 Å². The third-order valence-electron chi connectivity index (χ3n) is 4.16. The number of aromatic nitrogens is 2. The number of H-pyrrole nitrogens is 1.